The number of hydrogen-bond acceptors (Lipinski definition) is 4. The van der Waals surface area contributed by atoms with E-state index in [1.807, 2.05) is 0 Å². The molecule has 0 aliphatic carbocycles. The zero-order valence-electron chi connectivity index (χ0n) is 18.4. The Bertz CT molecular complexity index is 551. The van der Waals surface area contributed by atoms with E-state index < -0.39 is 0 Å². The molecule has 26 heavy (non-hydrogen) atoms. The Morgan fingerprint density at radius 3 is 2.12 bits per heavy atom. The number of nitrogens with one attached hydrogen (secondary N) is 2. The lowest BCUT2D eigenvalue weighted by atomic mass is 9.64. The maximum atomic E-state index is 13.7. The van der Waals surface area contributed by atoms with Crippen LogP contribution in [0.1, 0.15) is 68.7 Å². The van der Waals surface area contributed by atoms with Crippen molar-refractivity contribution in [1.29, 1.82) is 0 Å². The van der Waals surface area contributed by atoms with Crippen molar-refractivity contribution in [1.82, 2.24) is 15.5 Å². The fraction of sp³-hybridized carbons (Fsp3) is 0.955. The van der Waals surface area contributed by atoms with Gasteiger partial charge >= 0.3 is 0 Å². The molecular weight excluding hydrogens is 322 g/mol. The fourth-order valence-corrected chi connectivity index (χ4v) is 5.96. The molecule has 0 aromatic carbocycles. The van der Waals surface area contributed by atoms with Gasteiger partial charge in [0.1, 0.15) is 0 Å². The highest BCUT2D eigenvalue weighted by Gasteiger charge is 2.64. The summed E-state index contributed by atoms with van der Waals surface area (Å²) in [5, 5.41) is 7.61. The van der Waals surface area contributed by atoms with E-state index in [4.69, 9.17) is 0 Å². The molecule has 3 saturated heterocycles. The quantitative estimate of drug-likeness (QED) is 0.750. The minimum absolute atomic E-state index is 0.0135. The molecule has 3 aliphatic heterocycles. The number of fused-ring (bicyclic) bond motifs is 3. The number of piperidine rings is 1. The third kappa shape index (κ3) is 3.27. The largest absolute Gasteiger partial charge is 0.316 e. The monoisotopic (exact) mass is 363 g/mol. The molecule has 6 atom stereocenters. The molecule has 3 fully saturated rings. The van der Waals surface area contributed by atoms with Crippen LogP contribution in [0.4, 0.5) is 0 Å². The van der Waals surface area contributed by atoms with Gasteiger partial charge in [-0.25, -0.2) is 0 Å². The number of ketones is 1. The standard InChI is InChI=1S/C22H41N3O/c1-20(2,3)16-15-13-12-23-11-10-14(13)24-19(15)25(22(7,8)9)17(16)18(26)21(4,5)6/h13-17,19,23-24H,10-12H2,1-9H3. The van der Waals surface area contributed by atoms with E-state index >= 15 is 0 Å². The first-order chi connectivity index (χ1) is 11.7. The summed E-state index contributed by atoms with van der Waals surface area (Å²) in [6.07, 6.45) is 1.51. The van der Waals surface area contributed by atoms with Gasteiger partial charge in [0.05, 0.1) is 12.2 Å². The summed E-state index contributed by atoms with van der Waals surface area (Å²) < 4.78 is 0. The zero-order valence-corrected chi connectivity index (χ0v) is 18.4. The first-order valence-corrected chi connectivity index (χ1v) is 10.5. The molecule has 4 heteroatoms. The summed E-state index contributed by atoms with van der Waals surface area (Å²) in [7, 11) is 0. The topological polar surface area (TPSA) is 44.4 Å². The highest BCUT2D eigenvalue weighted by molar-refractivity contribution is 5.89. The number of likely N-dealkylation sites (tertiary alicyclic amines) is 1. The van der Waals surface area contributed by atoms with Crippen LogP contribution in [0.3, 0.4) is 0 Å². The Morgan fingerprint density at radius 2 is 1.62 bits per heavy atom. The third-order valence-corrected chi connectivity index (χ3v) is 6.91. The van der Waals surface area contributed by atoms with E-state index in [2.05, 4.69) is 77.8 Å². The lowest BCUT2D eigenvalue weighted by molar-refractivity contribution is -0.137. The van der Waals surface area contributed by atoms with Crippen molar-refractivity contribution >= 4 is 5.78 Å². The lowest BCUT2D eigenvalue weighted by Crippen LogP contribution is -2.59. The van der Waals surface area contributed by atoms with Crippen LogP contribution in [-0.2, 0) is 4.79 Å². The number of Topliss-reactive ketones (excluding diaryl/α,β-unsaturated/α-hetero) is 1. The van der Waals surface area contributed by atoms with Crippen LogP contribution in [-0.4, -0.2) is 47.6 Å². The molecule has 0 radical (unpaired) electrons. The van der Waals surface area contributed by atoms with Crippen molar-refractivity contribution in [3.63, 3.8) is 0 Å². The van der Waals surface area contributed by atoms with E-state index in [0.29, 0.717) is 35.7 Å². The Kier molecular flexibility index (Phi) is 4.90. The van der Waals surface area contributed by atoms with Crippen LogP contribution in [0.2, 0.25) is 0 Å². The average Bonchev–Trinajstić information content (AvgIpc) is 2.97. The molecule has 0 aromatic rings. The smallest absolute Gasteiger partial charge is 0.155 e. The number of carbonyl (C=O) groups is 1. The van der Waals surface area contributed by atoms with Gasteiger partial charge in [-0.05, 0) is 63.5 Å². The van der Waals surface area contributed by atoms with Crippen LogP contribution >= 0.6 is 0 Å². The van der Waals surface area contributed by atoms with E-state index in [1.165, 1.54) is 6.42 Å². The second-order valence-electron chi connectivity index (χ2n) is 12.0. The van der Waals surface area contributed by atoms with Gasteiger partial charge in [0.15, 0.2) is 5.78 Å². The molecule has 2 N–H and O–H groups in total. The first kappa shape index (κ1) is 20.3. The average molecular weight is 364 g/mol. The predicted octanol–water partition coefficient (Wildman–Crippen LogP) is 3.27. The molecule has 0 bridgehead atoms. The van der Waals surface area contributed by atoms with E-state index in [-0.39, 0.29) is 22.4 Å². The normalized spacial score (nSPS) is 39.0. The van der Waals surface area contributed by atoms with Crippen molar-refractivity contribution in [2.45, 2.75) is 92.5 Å². The van der Waals surface area contributed by atoms with Crippen molar-refractivity contribution in [3.8, 4) is 0 Å². The summed E-state index contributed by atoms with van der Waals surface area (Å²) in [6, 6.07) is 0.576. The lowest BCUT2D eigenvalue weighted by Gasteiger charge is -2.46. The first-order valence-electron chi connectivity index (χ1n) is 10.5. The molecule has 4 nitrogen and oxygen atoms in total. The summed E-state index contributed by atoms with van der Waals surface area (Å²) in [5.74, 6) is 1.94. The Morgan fingerprint density at radius 1 is 1.00 bits per heavy atom. The van der Waals surface area contributed by atoms with E-state index in [9.17, 15) is 4.79 Å². The number of hydrogen-bond donors (Lipinski definition) is 2. The maximum Gasteiger partial charge on any atom is 0.155 e. The van der Waals surface area contributed by atoms with Gasteiger partial charge in [-0.1, -0.05) is 41.5 Å². The Balaban J connectivity index is 2.11. The Hall–Kier alpha value is -0.450. The maximum absolute atomic E-state index is 13.7. The second kappa shape index (κ2) is 6.28. The molecular formula is C22H41N3O. The van der Waals surface area contributed by atoms with Crippen molar-refractivity contribution in [3.05, 3.63) is 0 Å². The number of rotatable bonds is 1. The summed E-state index contributed by atoms with van der Waals surface area (Å²) >= 11 is 0. The third-order valence-electron chi connectivity index (χ3n) is 6.91. The van der Waals surface area contributed by atoms with Gasteiger partial charge in [-0.15, -0.1) is 0 Å². The second-order valence-corrected chi connectivity index (χ2v) is 12.0. The minimum Gasteiger partial charge on any atom is -0.316 e. The summed E-state index contributed by atoms with van der Waals surface area (Å²) in [4.78, 5) is 16.2. The minimum atomic E-state index is -0.319. The zero-order chi connectivity index (χ0) is 19.7. The van der Waals surface area contributed by atoms with Gasteiger partial charge in [-0.2, -0.15) is 0 Å². The van der Waals surface area contributed by atoms with Crippen LogP contribution in [0.5, 0.6) is 0 Å². The van der Waals surface area contributed by atoms with Gasteiger partial charge in [0.2, 0.25) is 0 Å². The highest BCUT2D eigenvalue weighted by Crippen LogP contribution is 2.55. The van der Waals surface area contributed by atoms with Gasteiger partial charge in [0.25, 0.3) is 0 Å². The van der Waals surface area contributed by atoms with Crippen LogP contribution in [0.15, 0.2) is 0 Å². The molecule has 0 saturated carbocycles. The molecule has 0 amide bonds. The highest BCUT2D eigenvalue weighted by atomic mass is 16.1. The number of nitrogens with zero attached hydrogens (tertiary/aromatic N) is 1. The van der Waals surface area contributed by atoms with Gasteiger partial charge < -0.3 is 5.32 Å². The molecule has 3 aliphatic rings. The molecule has 6 unspecified atom stereocenters. The van der Waals surface area contributed by atoms with Gasteiger partial charge in [0, 0.05) is 17.0 Å². The SMILES string of the molecule is CC(C)(C)C(=O)C1C(C(C)(C)C)C2C3CNCCC3NC2N1C(C)(C)C. The van der Waals surface area contributed by atoms with E-state index in [0.717, 1.165) is 13.1 Å². The summed E-state index contributed by atoms with van der Waals surface area (Å²) in [5.41, 5.74) is -0.258. The van der Waals surface area contributed by atoms with Crippen molar-refractivity contribution in [2.75, 3.05) is 13.1 Å². The van der Waals surface area contributed by atoms with Crippen LogP contribution in [0.25, 0.3) is 0 Å². The Labute approximate surface area is 160 Å². The molecule has 0 aromatic heterocycles. The summed E-state index contributed by atoms with van der Waals surface area (Å²) in [6.45, 7) is 22.3. The molecule has 3 rings (SSSR count). The molecule has 150 valence electrons. The van der Waals surface area contributed by atoms with Crippen molar-refractivity contribution < 1.29 is 4.79 Å². The van der Waals surface area contributed by atoms with E-state index in [1.54, 1.807) is 0 Å². The number of carbonyl (C=O) groups excluding carboxylic acids is 1. The fourth-order valence-electron chi connectivity index (χ4n) is 5.96. The molecule has 3 heterocycles. The molecule has 0 spiro atoms. The van der Waals surface area contributed by atoms with Gasteiger partial charge in [-0.3, -0.25) is 15.0 Å². The van der Waals surface area contributed by atoms with Crippen LogP contribution < -0.4 is 10.6 Å². The van der Waals surface area contributed by atoms with Crippen molar-refractivity contribution in [2.24, 2.45) is 28.6 Å². The predicted molar refractivity (Wildman–Crippen MR) is 108 cm³/mol. The van der Waals surface area contributed by atoms with Crippen LogP contribution in [0, 0.1) is 28.6 Å².